The molecule has 0 radical (unpaired) electrons. The minimum absolute atomic E-state index is 0.172. The highest BCUT2D eigenvalue weighted by molar-refractivity contribution is 7.55. The first-order valence-corrected chi connectivity index (χ1v) is 9.07. The Morgan fingerprint density at radius 2 is 1.95 bits per heavy atom. The van der Waals surface area contributed by atoms with Crippen molar-refractivity contribution >= 4 is 13.4 Å². The standard InChI is InChI=1S/C13H21F2N2O4P/c1-3-20-22(19,21-4-2)13(14,15)10-9-16-17-12(10)8-6-5-7-11(12)18/h10H,3-9H2,1-2H3/t10-,12-/m0/s1. The minimum Gasteiger partial charge on any atom is -0.305 e. The molecule has 1 heterocycles. The number of carbonyl (C=O) groups is 1. The van der Waals surface area contributed by atoms with Crippen molar-refractivity contribution in [3.05, 3.63) is 0 Å². The summed E-state index contributed by atoms with van der Waals surface area (Å²) in [4.78, 5) is 12.3. The number of rotatable bonds is 6. The molecule has 0 amide bonds. The van der Waals surface area contributed by atoms with Gasteiger partial charge in [-0.1, -0.05) is 6.42 Å². The molecule has 1 spiro atoms. The van der Waals surface area contributed by atoms with Crippen LogP contribution in [0.15, 0.2) is 10.2 Å². The summed E-state index contributed by atoms with van der Waals surface area (Å²) in [5.41, 5.74) is -5.39. The maximum atomic E-state index is 15.0. The van der Waals surface area contributed by atoms with Gasteiger partial charge < -0.3 is 9.05 Å². The van der Waals surface area contributed by atoms with Crippen molar-refractivity contribution in [2.75, 3.05) is 19.8 Å². The second kappa shape index (κ2) is 6.42. The van der Waals surface area contributed by atoms with Gasteiger partial charge in [-0.15, -0.1) is 0 Å². The Balaban J connectivity index is 2.39. The minimum atomic E-state index is -4.70. The fourth-order valence-corrected chi connectivity index (χ4v) is 4.89. The van der Waals surface area contributed by atoms with Crippen LogP contribution in [0.5, 0.6) is 0 Å². The first-order valence-electron chi connectivity index (χ1n) is 7.53. The highest BCUT2D eigenvalue weighted by Gasteiger charge is 2.68. The van der Waals surface area contributed by atoms with Gasteiger partial charge >= 0.3 is 13.3 Å². The van der Waals surface area contributed by atoms with Gasteiger partial charge in [0.1, 0.15) is 0 Å². The lowest BCUT2D eigenvalue weighted by molar-refractivity contribution is -0.132. The first-order chi connectivity index (χ1) is 10.3. The van der Waals surface area contributed by atoms with Crippen molar-refractivity contribution in [3.63, 3.8) is 0 Å². The summed E-state index contributed by atoms with van der Waals surface area (Å²) in [6, 6.07) is 0. The van der Waals surface area contributed by atoms with E-state index in [1.165, 1.54) is 13.8 Å². The van der Waals surface area contributed by atoms with Gasteiger partial charge in [0.25, 0.3) is 0 Å². The number of Topliss-reactive ketones (excluding diaryl/α,β-unsaturated/α-hetero) is 1. The lowest BCUT2D eigenvalue weighted by Crippen LogP contribution is -2.52. The molecule has 0 aromatic rings. The molecule has 0 bridgehead atoms. The average molecular weight is 338 g/mol. The van der Waals surface area contributed by atoms with Crippen LogP contribution < -0.4 is 0 Å². The SMILES string of the molecule is CCOP(=O)(OCC)C(F)(F)[C@H]1CN=N[C@@]12CCCCC2=O. The van der Waals surface area contributed by atoms with Crippen molar-refractivity contribution in [1.29, 1.82) is 0 Å². The normalized spacial score (nSPS) is 29.5. The fourth-order valence-electron chi connectivity index (χ4n) is 3.12. The maximum Gasteiger partial charge on any atom is 0.400 e. The van der Waals surface area contributed by atoms with Crippen LogP contribution in [0.2, 0.25) is 0 Å². The van der Waals surface area contributed by atoms with Gasteiger partial charge in [-0.2, -0.15) is 19.0 Å². The molecule has 2 rings (SSSR count). The Hall–Kier alpha value is -0.720. The largest absolute Gasteiger partial charge is 0.400 e. The van der Waals surface area contributed by atoms with Crippen molar-refractivity contribution in [3.8, 4) is 0 Å². The number of azo groups is 1. The van der Waals surface area contributed by atoms with Crippen molar-refractivity contribution in [2.45, 2.75) is 50.7 Å². The van der Waals surface area contributed by atoms with E-state index >= 15 is 0 Å². The van der Waals surface area contributed by atoms with E-state index < -0.39 is 24.7 Å². The van der Waals surface area contributed by atoms with Crippen LogP contribution in [-0.4, -0.2) is 36.7 Å². The van der Waals surface area contributed by atoms with Crippen LogP contribution in [0.3, 0.4) is 0 Å². The van der Waals surface area contributed by atoms with Crippen LogP contribution in [0, 0.1) is 5.92 Å². The van der Waals surface area contributed by atoms with E-state index in [9.17, 15) is 18.1 Å². The molecule has 2 aliphatic rings. The molecule has 0 unspecified atom stereocenters. The molecule has 9 heteroatoms. The van der Waals surface area contributed by atoms with E-state index in [4.69, 9.17) is 9.05 Å². The monoisotopic (exact) mass is 338 g/mol. The summed E-state index contributed by atoms with van der Waals surface area (Å²) in [6.45, 7) is 2.24. The van der Waals surface area contributed by atoms with E-state index in [0.717, 1.165) is 0 Å². The molecule has 2 atom stereocenters. The van der Waals surface area contributed by atoms with Gasteiger partial charge in [-0.25, -0.2) is 0 Å². The van der Waals surface area contributed by atoms with Crippen molar-refractivity contribution in [1.82, 2.24) is 0 Å². The van der Waals surface area contributed by atoms with Gasteiger partial charge in [0.05, 0.1) is 25.7 Å². The predicted octanol–water partition coefficient (Wildman–Crippen LogP) is 3.81. The lowest BCUT2D eigenvalue weighted by Gasteiger charge is -2.39. The van der Waals surface area contributed by atoms with Crippen molar-refractivity contribution < 1.29 is 27.2 Å². The zero-order valence-electron chi connectivity index (χ0n) is 12.8. The van der Waals surface area contributed by atoms with Gasteiger partial charge in [0.15, 0.2) is 11.3 Å². The number of alkyl halides is 2. The fraction of sp³-hybridized carbons (Fsp3) is 0.923. The zero-order valence-corrected chi connectivity index (χ0v) is 13.7. The summed E-state index contributed by atoms with van der Waals surface area (Å²) in [7, 11) is -4.70. The molecular weight excluding hydrogens is 317 g/mol. The van der Waals surface area contributed by atoms with Gasteiger partial charge in [-0.3, -0.25) is 9.36 Å². The van der Waals surface area contributed by atoms with E-state index in [-0.39, 0.29) is 38.4 Å². The van der Waals surface area contributed by atoms with Gasteiger partial charge in [0.2, 0.25) is 0 Å². The Bertz CT molecular complexity index is 504. The molecule has 0 aromatic heterocycles. The van der Waals surface area contributed by atoms with Crippen LogP contribution >= 0.6 is 7.60 Å². The Morgan fingerprint density at radius 3 is 2.50 bits per heavy atom. The second-order valence-electron chi connectivity index (χ2n) is 5.45. The number of nitrogens with zero attached hydrogens (tertiary/aromatic N) is 2. The Labute approximate surface area is 128 Å². The molecular formula is C13H21F2N2O4P. The number of halogens is 2. The highest BCUT2D eigenvalue weighted by Crippen LogP contribution is 2.67. The molecule has 0 saturated heterocycles. The first kappa shape index (κ1) is 17.6. The van der Waals surface area contributed by atoms with E-state index in [1.807, 2.05) is 0 Å². The predicted molar refractivity (Wildman–Crippen MR) is 75.2 cm³/mol. The average Bonchev–Trinajstić information content (AvgIpc) is 2.88. The van der Waals surface area contributed by atoms with E-state index in [0.29, 0.717) is 12.8 Å². The quantitative estimate of drug-likeness (QED) is 0.690. The summed E-state index contributed by atoms with van der Waals surface area (Å²) >= 11 is 0. The Morgan fingerprint density at radius 1 is 1.32 bits per heavy atom. The summed E-state index contributed by atoms with van der Waals surface area (Å²) in [5, 5.41) is 7.54. The maximum absolute atomic E-state index is 15.0. The topological polar surface area (TPSA) is 77.3 Å². The molecule has 1 saturated carbocycles. The van der Waals surface area contributed by atoms with Crippen LogP contribution in [0.25, 0.3) is 0 Å². The summed E-state index contributed by atoms with van der Waals surface area (Å²) in [5.74, 6) is -1.93. The molecule has 126 valence electrons. The molecule has 1 aliphatic heterocycles. The third-order valence-electron chi connectivity index (χ3n) is 4.17. The Kier molecular flexibility index (Phi) is 5.14. The van der Waals surface area contributed by atoms with Crippen LogP contribution in [-0.2, 0) is 18.4 Å². The highest BCUT2D eigenvalue weighted by atomic mass is 31.2. The molecule has 1 fully saturated rings. The third-order valence-corrected chi connectivity index (χ3v) is 6.41. The van der Waals surface area contributed by atoms with Crippen LogP contribution in [0.1, 0.15) is 39.5 Å². The van der Waals surface area contributed by atoms with Gasteiger partial charge in [-0.05, 0) is 26.7 Å². The third kappa shape index (κ3) is 2.65. The van der Waals surface area contributed by atoms with E-state index in [1.54, 1.807) is 0 Å². The molecule has 0 aromatic carbocycles. The van der Waals surface area contributed by atoms with Gasteiger partial charge in [0, 0.05) is 6.42 Å². The summed E-state index contributed by atoms with van der Waals surface area (Å²) in [6.07, 6.45) is 1.67. The van der Waals surface area contributed by atoms with E-state index in [2.05, 4.69) is 10.2 Å². The van der Waals surface area contributed by atoms with Crippen molar-refractivity contribution in [2.24, 2.45) is 16.1 Å². The lowest BCUT2D eigenvalue weighted by atomic mass is 9.73. The number of ketones is 1. The number of hydrogen-bond acceptors (Lipinski definition) is 6. The molecule has 0 N–H and O–H groups in total. The van der Waals surface area contributed by atoms with Crippen LogP contribution in [0.4, 0.5) is 8.78 Å². The second-order valence-corrected chi connectivity index (χ2v) is 7.56. The number of hydrogen-bond donors (Lipinski definition) is 0. The summed E-state index contributed by atoms with van der Waals surface area (Å²) < 4.78 is 52.1. The molecule has 1 aliphatic carbocycles. The smallest absolute Gasteiger partial charge is 0.305 e. The molecule has 22 heavy (non-hydrogen) atoms. The molecule has 6 nitrogen and oxygen atoms in total. The zero-order chi connectivity index (χ0) is 16.4. The number of carbonyl (C=O) groups excluding carboxylic acids is 1.